The van der Waals surface area contributed by atoms with E-state index in [0.717, 1.165) is 31.7 Å². The Morgan fingerprint density at radius 2 is 1.75 bits per heavy atom. The Balaban J connectivity index is 1.53. The fourth-order valence-corrected chi connectivity index (χ4v) is 3.66. The third kappa shape index (κ3) is 4.09. The molecule has 1 saturated carbocycles. The second-order valence-electron chi connectivity index (χ2n) is 6.78. The maximum Gasteiger partial charge on any atom is 0.416 e. The van der Waals surface area contributed by atoms with Crippen LogP contribution in [0.3, 0.4) is 0 Å². The molecule has 0 spiro atoms. The first-order valence-corrected chi connectivity index (χ1v) is 8.61. The number of amides is 1. The van der Waals surface area contributed by atoms with Crippen LogP contribution in [0.4, 0.5) is 13.2 Å². The maximum absolute atomic E-state index is 12.8. The van der Waals surface area contributed by atoms with Gasteiger partial charge in [0.05, 0.1) is 5.56 Å². The van der Waals surface area contributed by atoms with Gasteiger partial charge in [-0.25, -0.2) is 0 Å². The van der Waals surface area contributed by atoms with Crippen molar-refractivity contribution in [3.8, 4) is 0 Å². The molecule has 0 unspecified atom stereocenters. The third-order valence-electron chi connectivity index (χ3n) is 5.05. The molecular formula is C18H23F3N2O. The molecule has 1 saturated heterocycles. The minimum absolute atomic E-state index is 0.194. The molecule has 1 amide bonds. The molecule has 0 N–H and O–H groups in total. The predicted molar refractivity (Wildman–Crippen MR) is 85.3 cm³/mol. The van der Waals surface area contributed by atoms with Crippen LogP contribution in [0.1, 0.15) is 36.8 Å². The summed E-state index contributed by atoms with van der Waals surface area (Å²) in [5.74, 6) is 0.464. The monoisotopic (exact) mass is 340 g/mol. The van der Waals surface area contributed by atoms with Gasteiger partial charge >= 0.3 is 6.18 Å². The third-order valence-corrected chi connectivity index (χ3v) is 5.05. The molecule has 1 aromatic rings. The van der Waals surface area contributed by atoms with Crippen LogP contribution in [0.15, 0.2) is 24.3 Å². The summed E-state index contributed by atoms with van der Waals surface area (Å²) >= 11 is 0. The molecule has 1 aliphatic carbocycles. The van der Waals surface area contributed by atoms with Crippen molar-refractivity contribution in [1.29, 1.82) is 0 Å². The molecule has 0 bridgehead atoms. The highest BCUT2D eigenvalue weighted by Gasteiger charge is 2.31. The lowest BCUT2D eigenvalue weighted by Gasteiger charge is -2.36. The first-order valence-electron chi connectivity index (χ1n) is 8.61. The van der Waals surface area contributed by atoms with Gasteiger partial charge in [0.15, 0.2) is 0 Å². The molecule has 24 heavy (non-hydrogen) atoms. The molecule has 1 aromatic carbocycles. The van der Waals surface area contributed by atoms with Crippen LogP contribution in [-0.4, -0.2) is 41.9 Å². The van der Waals surface area contributed by atoms with Crippen molar-refractivity contribution in [1.82, 2.24) is 9.80 Å². The Morgan fingerprint density at radius 1 is 1.08 bits per heavy atom. The number of benzene rings is 1. The Hall–Kier alpha value is -1.56. The quantitative estimate of drug-likeness (QED) is 0.840. The second kappa shape index (κ2) is 7.13. The van der Waals surface area contributed by atoms with Crippen LogP contribution < -0.4 is 0 Å². The van der Waals surface area contributed by atoms with Crippen LogP contribution in [0, 0.1) is 5.92 Å². The lowest BCUT2D eigenvalue weighted by molar-refractivity contribution is -0.138. The minimum atomic E-state index is -4.30. The molecule has 0 atom stereocenters. The molecule has 1 aliphatic heterocycles. The topological polar surface area (TPSA) is 23.6 Å². The summed E-state index contributed by atoms with van der Waals surface area (Å²) in [6, 6.07) is 5.50. The Bertz CT molecular complexity index is 574. The molecule has 6 heteroatoms. The summed E-state index contributed by atoms with van der Waals surface area (Å²) in [6.45, 7) is 3.28. The van der Waals surface area contributed by atoms with Crippen molar-refractivity contribution in [3.05, 3.63) is 35.4 Å². The van der Waals surface area contributed by atoms with Gasteiger partial charge in [0.1, 0.15) is 0 Å². The van der Waals surface area contributed by atoms with E-state index in [4.69, 9.17) is 0 Å². The predicted octanol–water partition coefficient (Wildman–Crippen LogP) is 3.54. The molecular weight excluding hydrogens is 317 g/mol. The Labute approximate surface area is 140 Å². The van der Waals surface area contributed by atoms with Crippen molar-refractivity contribution >= 4 is 5.91 Å². The number of nitrogens with zero attached hydrogens (tertiary/aromatic N) is 2. The van der Waals surface area contributed by atoms with E-state index in [9.17, 15) is 18.0 Å². The van der Waals surface area contributed by atoms with Crippen LogP contribution in [0.2, 0.25) is 0 Å². The number of piperazine rings is 1. The summed E-state index contributed by atoms with van der Waals surface area (Å²) in [7, 11) is 0. The van der Waals surface area contributed by atoms with Gasteiger partial charge in [0.25, 0.3) is 0 Å². The summed E-state index contributed by atoms with van der Waals surface area (Å²) in [4.78, 5) is 16.5. The van der Waals surface area contributed by atoms with Crippen molar-refractivity contribution in [2.45, 2.75) is 38.4 Å². The van der Waals surface area contributed by atoms with E-state index >= 15 is 0 Å². The first kappa shape index (κ1) is 17.3. The van der Waals surface area contributed by atoms with E-state index in [1.54, 1.807) is 6.07 Å². The van der Waals surface area contributed by atoms with Crippen molar-refractivity contribution in [3.63, 3.8) is 0 Å². The van der Waals surface area contributed by atoms with Crippen LogP contribution in [-0.2, 0) is 17.5 Å². The summed E-state index contributed by atoms with van der Waals surface area (Å²) in [5.41, 5.74) is 0.0652. The van der Waals surface area contributed by atoms with Crippen LogP contribution in [0.25, 0.3) is 0 Å². The van der Waals surface area contributed by atoms with E-state index in [-0.39, 0.29) is 11.8 Å². The summed E-state index contributed by atoms with van der Waals surface area (Å²) < 4.78 is 38.3. The van der Waals surface area contributed by atoms with Gasteiger partial charge in [-0.2, -0.15) is 13.2 Å². The second-order valence-corrected chi connectivity index (χ2v) is 6.78. The summed E-state index contributed by atoms with van der Waals surface area (Å²) in [5, 5.41) is 0. The maximum atomic E-state index is 12.8. The fraction of sp³-hybridized carbons (Fsp3) is 0.611. The van der Waals surface area contributed by atoms with Crippen molar-refractivity contribution in [2.75, 3.05) is 26.2 Å². The minimum Gasteiger partial charge on any atom is -0.340 e. The number of rotatable bonds is 3. The number of carbonyl (C=O) groups excluding carboxylic acids is 1. The van der Waals surface area contributed by atoms with Gasteiger partial charge in [-0.15, -0.1) is 0 Å². The highest BCUT2D eigenvalue weighted by molar-refractivity contribution is 5.79. The average Bonchev–Trinajstić information content (AvgIpc) is 3.09. The van der Waals surface area contributed by atoms with Gasteiger partial charge in [-0.3, -0.25) is 9.69 Å². The number of hydrogen-bond acceptors (Lipinski definition) is 2. The number of hydrogen-bond donors (Lipinski definition) is 0. The average molecular weight is 340 g/mol. The zero-order valence-corrected chi connectivity index (χ0v) is 13.7. The van der Waals surface area contributed by atoms with E-state index in [0.29, 0.717) is 38.3 Å². The van der Waals surface area contributed by atoms with Gasteiger partial charge in [-0.1, -0.05) is 31.0 Å². The highest BCUT2D eigenvalue weighted by Crippen LogP contribution is 2.30. The molecule has 0 radical (unpaired) electrons. The first-order chi connectivity index (χ1) is 11.4. The van der Waals surface area contributed by atoms with Gasteiger partial charge < -0.3 is 4.90 Å². The molecule has 1 heterocycles. The summed E-state index contributed by atoms with van der Waals surface area (Å²) in [6.07, 6.45) is -0.00713. The van der Waals surface area contributed by atoms with E-state index < -0.39 is 11.7 Å². The van der Waals surface area contributed by atoms with E-state index in [1.807, 2.05) is 4.90 Å². The lowest BCUT2D eigenvalue weighted by atomic mass is 10.1. The highest BCUT2D eigenvalue weighted by atomic mass is 19.4. The SMILES string of the molecule is O=C(C1CCCC1)N1CCN(Cc2cccc(C(F)(F)F)c2)CC1. The van der Waals surface area contributed by atoms with Crippen molar-refractivity contribution in [2.24, 2.45) is 5.92 Å². The number of alkyl halides is 3. The van der Waals surface area contributed by atoms with E-state index in [1.165, 1.54) is 12.1 Å². The Kier molecular flexibility index (Phi) is 5.13. The largest absolute Gasteiger partial charge is 0.416 e. The zero-order valence-electron chi connectivity index (χ0n) is 13.7. The normalized spacial score (nSPS) is 20.5. The van der Waals surface area contributed by atoms with Gasteiger partial charge in [-0.05, 0) is 24.5 Å². The molecule has 2 aliphatic rings. The standard InChI is InChI=1S/C18H23F3N2O/c19-18(20,21)16-7-3-4-14(12-16)13-22-8-10-23(11-9-22)17(24)15-5-1-2-6-15/h3-4,7,12,15H,1-2,5-6,8-11,13H2. The van der Waals surface area contributed by atoms with Gasteiger partial charge in [0.2, 0.25) is 5.91 Å². The molecule has 132 valence electrons. The number of halogens is 3. The lowest BCUT2D eigenvalue weighted by Crippen LogP contribution is -2.49. The number of carbonyl (C=O) groups is 1. The van der Waals surface area contributed by atoms with Crippen LogP contribution in [0.5, 0.6) is 0 Å². The Morgan fingerprint density at radius 3 is 2.38 bits per heavy atom. The molecule has 0 aromatic heterocycles. The fourth-order valence-electron chi connectivity index (χ4n) is 3.66. The van der Waals surface area contributed by atoms with Crippen molar-refractivity contribution < 1.29 is 18.0 Å². The van der Waals surface area contributed by atoms with Crippen LogP contribution >= 0.6 is 0 Å². The zero-order chi connectivity index (χ0) is 17.2. The van der Waals surface area contributed by atoms with E-state index in [2.05, 4.69) is 4.90 Å². The molecule has 3 rings (SSSR count). The molecule has 3 nitrogen and oxygen atoms in total. The van der Waals surface area contributed by atoms with Gasteiger partial charge in [0, 0.05) is 38.6 Å². The molecule has 2 fully saturated rings. The smallest absolute Gasteiger partial charge is 0.340 e.